The fraction of sp³-hybridized carbons (Fsp3) is 0.192. The SMILES string of the molecule is Cc1ccccc1CN(C)Cc1c(O)ccc2c(=O)c(-c3ccccc3)c(C)oc12. The molecule has 3 aromatic carbocycles. The Bertz CT molecular complexity index is 1260. The molecule has 1 heterocycles. The van der Waals surface area contributed by atoms with Gasteiger partial charge in [-0.2, -0.15) is 0 Å². The Labute approximate surface area is 176 Å². The summed E-state index contributed by atoms with van der Waals surface area (Å²) in [5, 5.41) is 11.0. The van der Waals surface area contributed by atoms with Gasteiger partial charge in [0.05, 0.1) is 16.5 Å². The van der Waals surface area contributed by atoms with Crippen molar-refractivity contribution in [3.05, 3.63) is 99.4 Å². The molecule has 0 aliphatic heterocycles. The Hall–Kier alpha value is -3.37. The van der Waals surface area contributed by atoms with Gasteiger partial charge in [-0.1, -0.05) is 54.6 Å². The molecule has 0 aliphatic rings. The smallest absolute Gasteiger partial charge is 0.200 e. The zero-order valence-corrected chi connectivity index (χ0v) is 17.5. The first-order valence-electron chi connectivity index (χ1n) is 10.0. The number of aromatic hydroxyl groups is 1. The van der Waals surface area contributed by atoms with Crippen LogP contribution >= 0.6 is 0 Å². The lowest BCUT2D eigenvalue weighted by Gasteiger charge is -2.20. The van der Waals surface area contributed by atoms with Crippen LogP contribution in [-0.2, 0) is 13.1 Å². The van der Waals surface area contributed by atoms with Gasteiger partial charge < -0.3 is 9.52 Å². The van der Waals surface area contributed by atoms with Crippen LogP contribution in [0.15, 0.2) is 75.9 Å². The minimum Gasteiger partial charge on any atom is -0.507 e. The lowest BCUT2D eigenvalue weighted by atomic mass is 10.0. The van der Waals surface area contributed by atoms with Crippen LogP contribution in [0.4, 0.5) is 0 Å². The van der Waals surface area contributed by atoms with E-state index in [0.29, 0.717) is 34.4 Å². The molecule has 0 radical (unpaired) electrons. The van der Waals surface area contributed by atoms with Gasteiger partial charge in [0.2, 0.25) is 5.43 Å². The minimum atomic E-state index is -0.0808. The molecular weight excluding hydrogens is 374 g/mol. The van der Waals surface area contributed by atoms with Gasteiger partial charge in [-0.15, -0.1) is 0 Å². The molecule has 152 valence electrons. The molecule has 4 nitrogen and oxygen atoms in total. The summed E-state index contributed by atoms with van der Waals surface area (Å²) in [6, 6.07) is 21.0. The van der Waals surface area contributed by atoms with Crippen molar-refractivity contribution in [3.8, 4) is 16.9 Å². The van der Waals surface area contributed by atoms with Crippen molar-refractivity contribution < 1.29 is 9.52 Å². The zero-order chi connectivity index (χ0) is 21.3. The van der Waals surface area contributed by atoms with Crippen molar-refractivity contribution in [2.75, 3.05) is 7.05 Å². The molecule has 4 heteroatoms. The first kappa shape index (κ1) is 19.9. The summed E-state index contributed by atoms with van der Waals surface area (Å²) in [4.78, 5) is 15.4. The molecule has 4 rings (SSSR count). The van der Waals surface area contributed by atoms with E-state index in [1.165, 1.54) is 11.1 Å². The largest absolute Gasteiger partial charge is 0.507 e. The minimum absolute atomic E-state index is 0.0808. The topological polar surface area (TPSA) is 53.7 Å². The first-order valence-corrected chi connectivity index (χ1v) is 10.0. The second-order valence-corrected chi connectivity index (χ2v) is 7.77. The van der Waals surface area contributed by atoms with Crippen molar-refractivity contribution in [1.29, 1.82) is 0 Å². The van der Waals surface area contributed by atoms with Crippen LogP contribution in [0.5, 0.6) is 5.75 Å². The number of fused-ring (bicyclic) bond motifs is 1. The molecule has 0 amide bonds. The van der Waals surface area contributed by atoms with E-state index in [1.54, 1.807) is 19.1 Å². The third kappa shape index (κ3) is 3.74. The van der Waals surface area contributed by atoms with Gasteiger partial charge in [-0.25, -0.2) is 0 Å². The van der Waals surface area contributed by atoms with Gasteiger partial charge >= 0.3 is 0 Å². The lowest BCUT2D eigenvalue weighted by molar-refractivity contribution is 0.311. The number of rotatable bonds is 5. The van der Waals surface area contributed by atoms with E-state index in [9.17, 15) is 9.90 Å². The van der Waals surface area contributed by atoms with E-state index in [-0.39, 0.29) is 11.2 Å². The fourth-order valence-corrected chi connectivity index (χ4v) is 3.91. The molecule has 1 N–H and O–H groups in total. The van der Waals surface area contributed by atoms with Gasteiger partial charge in [-0.05, 0) is 49.7 Å². The number of aryl methyl sites for hydroxylation is 2. The van der Waals surface area contributed by atoms with E-state index in [4.69, 9.17) is 4.42 Å². The Kier molecular flexibility index (Phi) is 5.42. The number of phenols is 1. The van der Waals surface area contributed by atoms with Gasteiger partial charge in [0.25, 0.3) is 0 Å². The molecule has 0 aliphatic carbocycles. The molecular formula is C26H25NO3. The van der Waals surface area contributed by atoms with E-state index in [0.717, 1.165) is 12.1 Å². The van der Waals surface area contributed by atoms with Crippen LogP contribution in [0, 0.1) is 13.8 Å². The summed E-state index contributed by atoms with van der Waals surface area (Å²) in [6.07, 6.45) is 0. The second kappa shape index (κ2) is 8.17. The van der Waals surface area contributed by atoms with Crippen LogP contribution in [0.1, 0.15) is 22.5 Å². The van der Waals surface area contributed by atoms with Crippen molar-refractivity contribution in [1.82, 2.24) is 4.90 Å². The summed E-state index contributed by atoms with van der Waals surface area (Å²) in [5.74, 6) is 0.682. The molecule has 0 saturated heterocycles. The van der Waals surface area contributed by atoms with Gasteiger partial charge in [0.1, 0.15) is 17.1 Å². The number of hydrogen-bond donors (Lipinski definition) is 1. The third-order valence-electron chi connectivity index (χ3n) is 5.51. The van der Waals surface area contributed by atoms with Gasteiger partial charge in [-0.3, -0.25) is 9.69 Å². The van der Waals surface area contributed by atoms with E-state index in [2.05, 4.69) is 24.0 Å². The highest BCUT2D eigenvalue weighted by atomic mass is 16.3. The van der Waals surface area contributed by atoms with Crippen LogP contribution < -0.4 is 5.43 Å². The quantitative estimate of drug-likeness (QED) is 0.487. The van der Waals surface area contributed by atoms with Crippen LogP contribution in [0.25, 0.3) is 22.1 Å². The predicted molar refractivity (Wildman–Crippen MR) is 121 cm³/mol. The first-order chi connectivity index (χ1) is 14.5. The van der Waals surface area contributed by atoms with Crippen LogP contribution in [-0.4, -0.2) is 17.1 Å². The number of phenolic OH excluding ortho intramolecular Hbond substituents is 1. The molecule has 0 atom stereocenters. The summed E-state index contributed by atoms with van der Waals surface area (Å²) >= 11 is 0. The van der Waals surface area contributed by atoms with Crippen LogP contribution in [0.2, 0.25) is 0 Å². The molecule has 0 saturated carbocycles. The average molecular weight is 399 g/mol. The monoisotopic (exact) mass is 399 g/mol. The summed E-state index contributed by atoms with van der Waals surface area (Å²) in [6.45, 7) is 5.08. The Morgan fingerprint density at radius 3 is 2.33 bits per heavy atom. The third-order valence-corrected chi connectivity index (χ3v) is 5.51. The van der Waals surface area contributed by atoms with E-state index >= 15 is 0 Å². The number of benzene rings is 3. The second-order valence-electron chi connectivity index (χ2n) is 7.77. The maximum absolute atomic E-state index is 13.3. The Morgan fingerprint density at radius 2 is 1.60 bits per heavy atom. The van der Waals surface area contributed by atoms with Crippen molar-refractivity contribution in [2.45, 2.75) is 26.9 Å². The van der Waals surface area contributed by atoms with Crippen molar-refractivity contribution in [3.63, 3.8) is 0 Å². The molecule has 30 heavy (non-hydrogen) atoms. The molecule has 1 aromatic heterocycles. The Morgan fingerprint density at radius 1 is 0.900 bits per heavy atom. The highest BCUT2D eigenvalue weighted by Gasteiger charge is 2.19. The maximum atomic E-state index is 13.3. The number of hydrogen-bond acceptors (Lipinski definition) is 4. The van der Waals surface area contributed by atoms with Crippen LogP contribution in [0.3, 0.4) is 0 Å². The van der Waals surface area contributed by atoms with Gasteiger partial charge in [0, 0.05) is 13.1 Å². The summed E-state index contributed by atoms with van der Waals surface area (Å²) in [5.41, 5.74) is 4.84. The number of nitrogens with zero attached hydrogens (tertiary/aromatic N) is 1. The van der Waals surface area contributed by atoms with Gasteiger partial charge in [0.15, 0.2) is 0 Å². The normalized spacial score (nSPS) is 11.3. The Balaban J connectivity index is 1.76. The maximum Gasteiger partial charge on any atom is 0.200 e. The summed E-state index contributed by atoms with van der Waals surface area (Å²) < 4.78 is 6.13. The van der Waals surface area contributed by atoms with E-state index in [1.807, 2.05) is 49.5 Å². The predicted octanol–water partition coefficient (Wildman–Crippen LogP) is 5.41. The zero-order valence-electron chi connectivity index (χ0n) is 17.5. The highest BCUT2D eigenvalue weighted by molar-refractivity contribution is 5.86. The lowest BCUT2D eigenvalue weighted by Crippen LogP contribution is -2.18. The molecule has 0 fully saturated rings. The van der Waals surface area contributed by atoms with Crippen molar-refractivity contribution >= 4 is 11.0 Å². The average Bonchev–Trinajstić information content (AvgIpc) is 2.73. The molecule has 0 spiro atoms. The summed E-state index contributed by atoms with van der Waals surface area (Å²) in [7, 11) is 1.99. The highest BCUT2D eigenvalue weighted by Crippen LogP contribution is 2.31. The fourth-order valence-electron chi connectivity index (χ4n) is 3.91. The molecule has 0 bridgehead atoms. The standard InChI is InChI=1S/C26H25NO3/c1-17-9-7-8-12-20(17)15-27(3)16-22-23(28)14-13-21-25(29)24(18(2)30-26(21)22)19-10-5-4-6-11-19/h4-14,28H,15-16H2,1-3H3. The molecule has 0 unspecified atom stereocenters. The van der Waals surface area contributed by atoms with Crippen molar-refractivity contribution in [2.24, 2.45) is 0 Å². The van der Waals surface area contributed by atoms with E-state index < -0.39 is 0 Å². The molecule has 4 aromatic rings.